The Morgan fingerprint density at radius 3 is 1.92 bits per heavy atom. The molecule has 3 rings (SSSR count). The molecule has 1 aromatic carbocycles. The van der Waals surface area contributed by atoms with Gasteiger partial charge >= 0.3 is 0 Å². The van der Waals surface area contributed by atoms with E-state index in [1.807, 2.05) is 13.8 Å². The maximum absolute atomic E-state index is 12.5. The van der Waals surface area contributed by atoms with Crippen LogP contribution in [0.25, 0.3) is 0 Å². The number of carbonyl (C=O) groups is 3. The fourth-order valence-electron chi connectivity index (χ4n) is 3.42. The summed E-state index contributed by atoms with van der Waals surface area (Å²) in [6.07, 6.45) is 3.30. The normalized spacial score (nSPS) is 17.3. The van der Waals surface area contributed by atoms with Gasteiger partial charge in [0.2, 0.25) is 0 Å². The first-order valence-corrected chi connectivity index (χ1v) is 8.58. The summed E-state index contributed by atoms with van der Waals surface area (Å²) < 4.78 is 0. The van der Waals surface area contributed by atoms with Gasteiger partial charge in [-0.3, -0.25) is 14.4 Å². The topological polar surface area (TPSA) is 57.7 Å². The largest absolute Gasteiger partial charge is 0.339 e. The van der Waals surface area contributed by atoms with Gasteiger partial charge in [0, 0.05) is 29.8 Å². The molecular weight excluding hydrogens is 304 g/mol. The molecular formula is C19H22N2O3. The Hall–Kier alpha value is -2.43. The molecule has 0 aromatic heterocycles. The van der Waals surface area contributed by atoms with E-state index in [1.54, 1.807) is 29.2 Å². The van der Waals surface area contributed by atoms with Gasteiger partial charge in [-0.05, 0) is 63.8 Å². The third kappa shape index (κ3) is 2.64. The van der Waals surface area contributed by atoms with Crippen LogP contribution in [0.5, 0.6) is 0 Å². The molecule has 5 heteroatoms. The van der Waals surface area contributed by atoms with Gasteiger partial charge in [0.05, 0.1) is 5.69 Å². The quantitative estimate of drug-likeness (QED) is 0.799. The first kappa shape index (κ1) is 16.4. The summed E-state index contributed by atoms with van der Waals surface area (Å²) in [5.74, 6) is -0.432. The number of rotatable bonds is 4. The predicted octanol–water partition coefficient (Wildman–Crippen LogP) is 2.91. The maximum atomic E-state index is 12.5. The van der Waals surface area contributed by atoms with Crippen molar-refractivity contribution in [1.29, 1.82) is 0 Å². The zero-order chi connectivity index (χ0) is 17.3. The molecule has 126 valence electrons. The lowest BCUT2D eigenvalue weighted by Gasteiger charge is -2.19. The van der Waals surface area contributed by atoms with Gasteiger partial charge in [0.25, 0.3) is 17.7 Å². The second kappa shape index (κ2) is 6.59. The molecule has 24 heavy (non-hydrogen) atoms. The Kier molecular flexibility index (Phi) is 4.51. The molecule has 5 nitrogen and oxygen atoms in total. The first-order valence-electron chi connectivity index (χ1n) is 8.58. The molecule has 1 aliphatic heterocycles. The van der Waals surface area contributed by atoms with Gasteiger partial charge < -0.3 is 4.90 Å². The van der Waals surface area contributed by atoms with Crippen molar-refractivity contribution in [2.75, 3.05) is 18.0 Å². The van der Waals surface area contributed by atoms with E-state index >= 15 is 0 Å². The molecule has 2 aliphatic rings. The molecule has 0 N–H and O–H groups in total. The number of hydrogen-bond donors (Lipinski definition) is 0. The van der Waals surface area contributed by atoms with E-state index in [9.17, 15) is 14.4 Å². The predicted molar refractivity (Wildman–Crippen MR) is 91.7 cm³/mol. The van der Waals surface area contributed by atoms with Gasteiger partial charge in [0.1, 0.15) is 0 Å². The third-order valence-electron chi connectivity index (χ3n) is 4.81. The molecule has 0 saturated carbocycles. The highest BCUT2D eigenvalue weighted by molar-refractivity contribution is 6.33. The smallest absolute Gasteiger partial charge is 0.261 e. The molecule has 3 amide bonds. The van der Waals surface area contributed by atoms with Gasteiger partial charge in [-0.15, -0.1) is 0 Å². The molecule has 0 unspecified atom stereocenters. The van der Waals surface area contributed by atoms with Crippen molar-refractivity contribution in [3.8, 4) is 0 Å². The molecule has 0 radical (unpaired) electrons. The lowest BCUT2D eigenvalue weighted by atomic mass is 9.93. The van der Waals surface area contributed by atoms with E-state index in [4.69, 9.17) is 0 Å². The number of benzene rings is 1. The lowest BCUT2D eigenvalue weighted by Crippen LogP contribution is -2.32. The SMILES string of the molecule is CCN(CC)C(=O)c1ccc(N2C(=O)C3=C(CCCC3)C2=O)cc1. The third-order valence-corrected chi connectivity index (χ3v) is 4.81. The number of amides is 3. The van der Waals surface area contributed by atoms with Crippen LogP contribution in [0.2, 0.25) is 0 Å². The highest BCUT2D eigenvalue weighted by Crippen LogP contribution is 2.35. The lowest BCUT2D eigenvalue weighted by molar-refractivity contribution is -0.120. The van der Waals surface area contributed by atoms with Gasteiger partial charge in [-0.1, -0.05) is 0 Å². The number of nitrogens with zero attached hydrogens (tertiary/aromatic N) is 2. The second-order valence-corrected chi connectivity index (χ2v) is 6.13. The van der Waals surface area contributed by atoms with Crippen LogP contribution in [-0.2, 0) is 9.59 Å². The summed E-state index contributed by atoms with van der Waals surface area (Å²) in [4.78, 5) is 40.4. The van der Waals surface area contributed by atoms with Crippen molar-refractivity contribution >= 4 is 23.4 Å². The van der Waals surface area contributed by atoms with Crippen LogP contribution in [0.15, 0.2) is 35.4 Å². The highest BCUT2D eigenvalue weighted by Gasteiger charge is 2.39. The number of carbonyl (C=O) groups excluding carboxylic acids is 3. The fourth-order valence-corrected chi connectivity index (χ4v) is 3.42. The van der Waals surface area contributed by atoms with Crippen molar-refractivity contribution < 1.29 is 14.4 Å². The van der Waals surface area contributed by atoms with Crippen molar-refractivity contribution in [1.82, 2.24) is 4.90 Å². The van der Waals surface area contributed by atoms with E-state index in [2.05, 4.69) is 0 Å². The van der Waals surface area contributed by atoms with Gasteiger partial charge in [0.15, 0.2) is 0 Å². The summed E-state index contributed by atoms with van der Waals surface area (Å²) in [6.45, 7) is 5.18. The Morgan fingerprint density at radius 1 is 0.958 bits per heavy atom. The zero-order valence-corrected chi connectivity index (χ0v) is 14.2. The van der Waals surface area contributed by atoms with E-state index in [-0.39, 0.29) is 17.7 Å². The molecule has 0 bridgehead atoms. The average molecular weight is 326 g/mol. The zero-order valence-electron chi connectivity index (χ0n) is 14.2. The van der Waals surface area contributed by atoms with Crippen molar-refractivity contribution in [2.24, 2.45) is 0 Å². The summed E-state index contributed by atoms with van der Waals surface area (Å²) in [6, 6.07) is 6.75. The van der Waals surface area contributed by atoms with Gasteiger partial charge in [-0.2, -0.15) is 0 Å². The van der Waals surface area contributed by atoms with Crippen LogP contribution in [0.4, 0.5) is 5.69 Å². The van der Waals surface area contributed by atoms with Crippen LogP contribution in [-0.4, -0.2) is 35.7 Å². The first-order chi connectivity index (χ1) is 11.6. The van der Waals surface area contributed by atoms with E-state index in [1.165, 1.54) is 4.90 Å². The highest BCUT2D eigenvalue weighted by atomic mass is 16.2. The van der Waals surface area contributed by atoms with Crippen LogP contribution < -0.4 is 4.90 Å². The molecule has 0 atom stereocenters. The molecule has 0 fully saturated rings. The fraction of sp³-hybridized carbons (Fsp3) is 0.421. The standard InChI is InChI=1S/C19H22N2O3/c1-3-20(4-2)17(22)13-9-11-14(12-10-13)21-18(23)15-7-5-6-8-16(15)19(21)24/h9-12H,3-8H2,1-2H3. The Morgan fingerprint density at radius 2 is 1.46 bits per heavy atom. The monoisotopic (exact) mass is 326 g/mol. The molecule has 1 heterocycles. The van der Waals surface area contributed by atoms with Crippen LogP contribution in [0.3, 0.4) is 0 Å². The maximum Gasteiger partial charge on any atom is 0.261 e. The molecule has 1 aliphatic carbocycles. The molecule has 1 aromatic rings. The molecule has 0 spiro atoms. The summed E-state index contributed by atoms with van der Waals surface area (Å²) >= 11 is 0. The summed E-state index contributed by atoms with van der Waals surface area (Å²) in [7, 11) is 0. The number of hydrogen-bond acceptors (Lipinski definition) is 3. The second-order valence-electron chi connectivity index (χ2n) is 6.13. The minimum absolute atomic E-state index is 0.0388. The Balaban J connectivity index is 1.83. The van der Waals surface area contributed by atoms with Crippen molar-refractivity contribution in [3.63, 3.8) is 0 Å². The number of imide groups is 1. The van der Waals surface area contributed by atoms with Crippen LogP contribution in [0.1, 0.15) is 49.9 Å². The minimum Gasteiger partial charge on any atom is -0.339 e. The van der Waals surface area contributed by atoms with Crippen molar-refractivity contribution in [3.05, 3.63) is 41.0 Å². The van der Waals surface area contributed by atoms with E-state index < -0.39 is 0 Å². The van der Waals surface area contributed by atoms with Gasteiger partial charge in [-0.25, -0.2) is 4.90 Å². The van der Waals surface area contributed by atoms with Crippen LogP contribution in [0, 0.1) is 0 Å². The average Bonchev–Trinajstić information content (AvgIpc) is 2.87. The minimum atomic E-state index is -0.197. The molecule has 0 saturated heterocycles. The number of anilines is 1. The Labute approximate surface area is 141 Å². The van der Waals surface area contributed by atoms with E-state index in [0.29, 0.717) is 48.3 Å². The summed E-state index contributed by atoms with van der Waals surface area (Å²) in [5.41, 5.74) is 2.46. The summed E-state index contributed by atoms with van der Waals surface area (Å²) in [5, 5.41) is 0. The Bertz CT molecular complexity index is 687. The van der Waals surface area contributed by atoms with Crippen molar-refractivity contribution in [2.45, 2.75) is 39.5 Å². The van der Waals surface area contributed by atoms with Crippen LogP contribution >= 0.6 is 0 Å². The van der Waals surface area contributed by atoms with E-state index in [0.717, 1.165) is 12.8 Å².